The number of nitrogens with zero attached hydrogens (tertiary/aromatic N) is 1. The predicted octanol–water partition coefficient (Wildman–Crippen LogP) is 1.99. The molecule has 0 aromatic heterocycles. The number of methoxy groups -OCH3 is 1. The molecule has 104 valence electrons. The Bertz CT molecular complexity index is 464. The van der Waals surface area contributed by atoms with Crippen molar-refractivity contribution in [2.75, 3.05) is 26.8 Å². The molecule has 0 aliphatic carbocycles. The number of likely N-dealkylation sites (tertiary alicyclic amines) is 1. The van der Waals surface area contributed by atoms with Crippen LogP contribution in [0.3, 0.4) is 0 Å². The van der Waals surface area contributed by atoms with Gasteiger partial charge in [0.1, 0.15) is 5.82 Å². The molecule has 1 aliphatic heterocycles. The minimum atomic E-state index is -1.22. The number of ether oxygens (including phenoxy) is 1. The van der Waals surface area contributed by atoms with E-state index in [0.717, 1.165) is 31.7 Å². The van der Waals surface area contributed by atoms with Gasteiger partial charge in [0.25, 0.3) is 0 Å². The van der Waals surface area contributed by atoms with E-state index < -0.39 is 11.8 Å². The topological polar surface area (TPSA) is 49.8 Å². The maximum atomic E-state index is 13.3. The van der Waals surface area contributed by atoms with Crippen LogP contribution < -0.4 is 0 Å². The number of aromatic carboxylic acids is 1. The lowest BCUT2D eigenvalue weighted by molar-refractivity contribution is 0.0691. The lowest BCUT2D eigenvalue weighted by Gasteiger charge is -2.16. The van der Waals surface area contributed by atoms with E-state index in [1.54, 1.807) is 13.2 Å². The summed E-state index contributed by atoms with van der Waals surface area (Å²) in [5, 5.41) is 8.89. The second-order valence-corrected chi connectivity index (χ2v) is 4.96. The van der Waals surface area contributed by atoms with E-state index in [2.05, 4.69) is 4.90 Å². The average molecular weight is 267 g/mol. The fourth-order valence-electron chi connectivity index (χ4n) is 2.52. The van der Waals surface area contributed by atoms with Gasteiger partial charge in [0.15, 0.2) is 0 Å². The highest BCUT2D eigenvalue weighted by atomic mass is 19.1. The van der Waals surface area contributed by atoms with Crippen LogP contribution in [0.5, 0.6) is 0 Å². The average Bonchev–Trinajstić information content (AvgIpc) is 2.79. The van der Waals surface area contributed by atoms with Crippen LogP contribution in [0.15, 0.2) is 18.2 Å². The van der Waals surface area contributed by atoms with Crippen LogP contribution >= 0.6 is 0 Å². The number of carboxylic acid groups (broad SMARTS) is 1. The highest BCUT2D eigenvalue weighted by Gasteiger charge is 2.22. The molecule has 19 heavy (non-hydrogen) atoms. The van der Waals surface area contributed by atoms with E-state index in [1.165, 1.54) is 12.1 Å². The molecule has 0 radical (unpaired) electrons. The van der Waals surface area contributed by atoms with Gasteiger partial charge < -0.3 is 9.84 Å². The van der Waals surface area contributed by atoms with Gasteiger partial charge in [-0.1, -0.05) is 6.07 Å². The largest absolute Gasteiger partial charge is 0.478 e. The minimum absolute atomic E-state index is 0.259. The van der Waals surface area contributed by atoms with Crippen LogP contribution in [0.4, 0.5) is 4.39 Å². The molecule has 1 atom stereocenters. The second-order valence-electron chi connectivity index (χ2n) is 4.96. The molecule has 1 aromatic carbocycles. The summed E-state index contributed by atoms with van der Waals surface area (Å²) in [4.78, 5) is 13.1. The van der Waals surface area contributed by atoms with Gasteiger partial charge in [-0.15, -0.1) is 0 Å². The van der Waals surface area contributed by atoms with Gasteiger partial charge in [-0.25, -0.2) is 9.18 Å². The van der Waals surface area contributed by atoms with Crippen LogP contribution in [0.1, 0.15) is 22.3 Å². The SMILES string of the molecule is COCC1CCN(Cc2ccc(F)c(C(=O)O)c2)C1. The first-order chi connectivity index (χ1) is 9.10. The third-order valence-corrected chi connectivity index (χ3v) is 3.44. The number of rotatable bonds is 5. The summed E-state index contributed by atoms with van der Waals surface area (Å²) < 4.78 is 18.4. The monoisotopic (exact) mass is 267 g/mol. The first-order valence-corrected chi connectivity index (χ1v) is 6.33. The maximum absolute atomic E-state index is 13.3. The molecule has 0 bridgehead atoms. The molecule has 4 nitrogen and oxygen atoms in total. The minimum Gasteiger partial charge on any atom is -0.478 e. The van der Waals surface area contributed by atoms with Crippen LogP contribution in [0.2, 0.25) is 0 Å². The molecule has 1 fully saturated rings. The fraction of sp³-hybridized carbons (Fsp3) is 0.500. The molecular formula is C14H18FNO3. The Morgan fingerprint density at radius 2 is 2.37 bits per heavy atom. The summed E-state index contributed by atoms with van der Waals surface area (Å²) in [6, 6.07) is 4.29. The highest BCUT2D eigenvalue weighted by Crippen LogP contribution is 2.20. The molecule has 1 aromatic rings. The van der Waals surface area contributed by atoms with Gasteiger partial charge in [-0.2, -0.15) is 0 Å². The van der Waals surface area contributed by atoms with Gasteiger partial charge in [0.05, 0.1) is 12.2 Å². The van der Waals surface area contributed by atoms with E-state index >= 15 is 0 Å². The van der Waals surface area contributed by atoms with Crippen molar-refractivity contribution < 1.29 is 19.0 Å². The van der Waals surface area contributed by atoms with Gasteiger partial charge in [-0.3, -0.25) is 4.90 Å². The maximum Gasteiger partial charge on any atom is 0.338 e. The molecule has 1 saturated heterocycles. The van der Waals surface area contributed by atoms with Crippen molar-refractivity contribution in [3.8, 4) is 0 Å². The summed E-state index contributed by atoms with van der Waals surface area (Å²) >= 11 is 0. The standard InChI is InChI=1S/C14H18FNO3/c1-19-9-11-4-5-16(8-11)7-10-2-3-13(15)12(6-10)14(17)18/h2-3,6,11H,4-5,7-9H2,1H3,(H,17,18). The smallest absolute Gasteiger partial charge is 0.338 e. The zero-order chi connectivity index (χ0) is 13.8. The fourth-order valence-corrected chi connectivity index (χ4v) is 2.52. The van der Waals surface area contributed by atoms with E-state index in [0.29, 0.717) is 12.5 Å². The molecule has 1 unspecified atom stereocenters. The number of carboxylic acids is 1. The van der Waals surface area contributed by atoms with Crippen molar-refractivity contribution in [2.45, 2.75) is 13.0 Å². The lowest BCUT2D eigenvalue weighted by Crippen LogP contribution is -2.21. The van der Waals surface area contributed by atoms with Gasteiger partial charge in [-0.05, 0) is 36.6 Å². The zero-order valence-corrected chi connectivity index (χ0v) is 10.9. The van der Waals surface area contributed by atoms with E-state index in [4.69, 9.17) is 9.84 Å². The lowest BCUT2D eigenvalue weighted by atomic mass is 10.1. The third kappa shape index (κ3) is 3.52. The second kappa shape index (κ2) is 6.12. The van der Waals surface area contributed by atoms with Crippen LogP contribution in [-0.4, -0.2) is 42.8 Å². The highest BCUT2D eigenvalue weighted by molar-refractivity contribution is 5.88. The van der Waals surface area contributed by atoms with Crippen LogP contribution in [0.25, 0.3) is 0 Å². The van der Waals surface area contributed by atoms with Gasteiger partial charge >= 0.3 is 5.97 Å². The molecular weight excluding hydrogens is 249 g/mol. The van der Waals surface area contributed by atoms with Crippen molar-refractivity contribution in [2.24, 2.45) is 5.92 Å². The van der Waals surface area contributed by atoms with E-state index in [-0.39, 0.29) is 5.56 Å². The van der Waals surface area contributed by atoms with E-state index in [1.807, 2.05) is 0 Å². The number of halogens is 1. The van der Waals surface area contributed by atoms with Crippen molar-refractivity contribution in [3.63, 3.8) is 0 Å². The molecule has 0 spiro atoms. The first-order valence-electron chi connectivity index (χ1n) is 6.33. The number of carbonyl (C=O) groups is 1. The molecule has 1 aliphatic rings. The van der Waals surface area contributed by atoms with Crippen molar-refractivity contribution >= 4 is 5.97 Å². The van der Waals surface area contributed by atoms with Crippen LogP contribution in [-0.2, 0) is 11.3 Å². The predicted molar refractivity (Wildman–Crippen MR) is 68.6 cm³/mol. The van der Waals surface area contributed by atoms with E-state index in [9.17, 15) is 9.18 Å². The third-order valence-electron chi connectivity index (χ3n) is 3.44. The Balaban J connectivity index is 2.00. The summed E-state index contributed by atoms with van der Waals surface area (Å²) in [5.41, 5.74) is 0.571. The number of hydrogen-bond acceptors (Lipinski definition) is 3. The van der Waals surface area contributed by atoms with Gasteiger partial charge in [0, 0.05) is 20.2 Å². The van der Waals surface area contributed by atoms with Gasteiger partial charge in [0.2, 0.25) is 0 Å². The van der Waals surface area contributed by atoms with Crippen molar-refractivity contribution in [3.05, 3.63) is 35.1 Å². The molecule has 1 N–H and O–H groups in total. The van der Waals surface area contributed by atoms with Crippen molar-refractivity contribution in [1.82, 2.24) is 4.90 Å². The zero-order valence-electron chi connectivity index (χ0n) is 10.9. The van der Waals surface area contributed by atoms with Crippen molar-refractivity contribution in [1.29, 1.82) is 0 Å². The summed E-state index contributed by atoms with van der Waals surface area (Å²) in [7, 11) is 1.70. The number of benzene rings is 1. The Labute approximate surface area is 111 Å². The Morgan fingerprint density at radius 1 is 1.58 bits per heavy atom. The summed E-state index contributed by atoms with van der Waals surface area (Å²) in [6.45, 7) is 3.31. The van der Waals surface area contributed by atoms with Crippen LogP contribution in [0, 0.1) is 11.7 Å². The summed E-state index contributed by atoms with van der Waals surface area (Å²) in [6.07, 6.45) is 1.08. The molecule has 5 heteroatoms. The summed E-state index contributed by atoms with van der Waals surface area (Å²) in [5.74, 6) is -1.38. The molecule has 2 rings (SSSR count). The Morgan fingerprint density at radius 3 is 3.05 bits per heavy atom. The Hall–Kier alpha value is -1.46. The normalized spacial score (nSPS) is 19.8. The quantitative estimate of drug-likeness (QED) is 0.886. The Kier molecular flexibility index (Phi) is 4.50. The first kappa shape index (κ1) is 14.0. The number of hydrogen-bond donors (Lipinski definition) is 1. The molecule has 0 amide bonds. The molecule has 0 saturated carbocycles. The molecule has 1 heterocycles.